The first kappa shape index (κ1) is 11.6. The zero-order valence-electron chi connectivity index (χ0n) is 10.9. The third kappa shape index (κ3) is 1.62. The lowest BCUT2D eigenvalue weighted by Gasteiger charge is -2.32. The first-order valence-electron chi connectivity index (χ1n) is 5.91. The summed E-state index contributed by atoms with van der Waals surface area (Å²) in [6.45, 7) is 8.01. The molecule has 7 heteroatoms. The number of nitrogens with one attached hydrogen (secondary N) is 1. The molecule has 2 aromatic heterocycles. The van der Waals surface area contributed by atoms with Crippen molar-refractivity contribution in [1.29, 1.82) is 0 Å². The van der Waals surface area contributed by atoms with E-state index in [1.54, 1.807) is 12.4 Å². The Morgan fingerprint density at radius 1 is 1.11 bits per heavy atom. The average molecular weight is 246 g/mol. The molecule has 0 atom stereocenters. The number of hydrogen-bond acceptors (Lipinski definition) is 5. The summed E-state index contributed by atoms with van der Waals surface area (Å²) < 4.78 is 11.8. The predicted molar refractivity (Wildman–Crippen MR) is 67.4 cm³/mol. The first-order valence-corrected chi connectivity index (χ1v) is 5.91. The summed E-state index contributed by atoms with van der Waals surface area (Å²) in [5.74, 6) is 0. The molecule has 18 heavy (non-hydrogen) atoms. The van der Waals surface area contributed by atoms with Crippen molar-refractivity contribution in [3.05, 3.63) is 12.4 Å². The Labute approximate surface area is 105 Å². The standard InChI is InChI=1S/C11H15BN4O2/c1-10(2)11(3,4)18-12(17-10)9-13-5-8-7(15-9)6-14-16-8/h5-6H,1-4H3,(H,14,16). The quantitative estimate of drug-likeness (QED) is 0.748. The summed E-state index contributed by atoms with van der Waals surface area (Å²) in [6.07, 6.45) is 3.35. The number of hydrogen-bond donors (Lipinski definition) is 1. The normalized spacial score (nSPS) is 21.7. The van der Waals surface area contributed by atoms with E-state index in [-0.39, 0.29) is 11.2 Å². The van der Waals surface area contributed by atoms with Crippen molar-refractivity contribution < 1.29 is 9.31 Å². The predicted octanol–water partition coefficient (Wildman–Crippen LogP) is 0.652. The highest BCUT2D eigenvalue weighted by atomic mass is 16.7. The minimum Gasteiger partial charge on any atom is -0.397 e. The van der Waals surface area contributed by atoms with Gasteiger partial charge in [0.05, 0.1) is 23.6 Å². The van der Waals surface area contributed by atoms with Gasteiger partial charge in [-0.25, -0.2) is 9.97 Å². The van der Waals surface area contributed by atoms with E-state index in [9.17, 15) is 0 Å². The molecule has 0 amide bonds. The fourth-order valence-corrected chi connectivity index (χ4v) is 1.82. The van der Waals surface area contributed by atoms with Gasteiger partial charge in [-0.3, -0.25) is 5.10 Å². The molecule has 0 aromatic carbocycles. The molecule has 0 bridgehead atoms. The largest absolute Gasteiger partial charge is 0.534 e. The molecular weight excluding hydrogens is 231 g/mol. The first-order chi connectivity index (χ1) is 8.39. The van der Waals surface area contributed by atoms with Crippen molar-refractivity contribution in [2.75, 3.05) is 0 Å². The van der Waals surface area contributed by atoms with Gasteiger partial charge in [-0.05, 0) is 27.7 Å². The van der Waals surface area contributed by atoms with Crippen LogP contribution in [0.25, 0.3) is 11.0 Å². The highest BCUT2D eigenvalue weighted by molar-refractivity contribution is 6.60. The molecule has 3 rings (SSSR count). The fourth-order valence-electron chi connectivity index (χ4n) is 1.82. The van der Waals surface area contributed by atoms with Crippen molar-refractivity contribution in [2.24, 2.45) is 0 Å². The average Bonchev–Trinajstić information content (AvgIpc) is 2.80. The molecule has 2 aromatic rings. The summed E-state index contributed by atoms with van der Waals surface area (Å²) in [7, 11) is -0.533. The Bertz CT molecular complexity index is 579. The van der Waals surface area contributed by atoms with Crippen molar-refractivity contribution in [2.45, 2.75) is 38.9 Å². The molecule has 1 saturated heterocycles. The molecular formula is C11H15BN4O2. The maximum Gasteiger partial charge on any atom is 0.534 e. The Balaban J connectivity index is 1.96. The van der Waals surface area contributed by atoms with Crippen LogP contribution in [0, 0.1) is 0 Å². The highest BCUT2D eigenvalue weighted by Gasteiger charge is 2.53. The van der Waals surface area contributed by atoms with Gasteiger partial charge in [0, 0.05) is 0 Å². The molecule has 3 heterocycles. The van der Waals surface area contributed by atoms with Gasteiger partial charge >= 0.3 is 7.12 Å². The molecule has 1 fully saturated rings. The van der Waals surface area contributed by atoms with Crippen LogP contribution in [0.2, 0.25) is 0 Å². The Morgan fingerprint density at radius 2 is 1.78 bits per heavy atom. The van der Waals surface area contributed by atoms with Crippen molar-refractivity contribution in [1.82, 2.24) is 20.2 Å². The van der Waals surface area contributed by atoms with Crippen LogP contribution in [0.5, 0.6) is 0 Å². The molecule has 1 N–H and O–H groups in total. The van der Waals surface area contributed by atoms with E-state index in [4.69, 9.17) is 9.31 Å². The van der Waals surface area contributed by atoms with E-state index in [1.165, 1.54) is 0 Å². The van der Waals surface area contributed by atoms with Gasteiger partial charge in [0.25, 0.3) is 0 Å². The Hall–Kier alpha value is -1.47. The molecule has 0 unspecified atom stereocenters. The van der Waals surface area contributed by atoms with Gasteiger partial charge < -0.3 is 9.31 Å². The number of aromatic nitrogens is 4. The van der Waals surface area contributed by atoms with Gasteiger partial charge in [-0.15, -0.1) is 0 Å². The Morgan fingerprint density at radius 3 is 2.44 bits per heavy atom. The van der Waals surface area contributed by atoms with Gasteiger partial charge in [-0.2, -0.15) is 5.10 Å². The van der Waals surface area contributed by atoms with Crippen LogP contribution < -0.4 is 5.72 Å². The SMILES string of the molecule is CC1(C)OB(c2ncc3[nH]ncc3n2)OC1(C)C. The molecule has 94 valence electrons. The molecule has 1 aliphatic heterocycles. The third-order valence-electron chi connectivity index (χ3n) is 3.67. The minimum atomic E-state index is -0.533. The lowest BCUT2D eigenvalue weighted by Crippen LogP contribution is -2.41. The van der Waals surface area contributed by atoms with E-state index in [1.807, 2.05) is 27.7 Å². The lowest BCUT2D eigenvalue weighted by atomic mass is 9.89. The zero-order chi connectivity index (χ0) is 13.0. The maximum atomic E-state index is 5.90. The monoisotopic (exact) mass is 246 g/mol. The second-order valence-electron chi connectivity index (χ2n) is 5.49. The maximum absolute atomic E-state index is 5.90. The van der Waals surface area contributed by atoms with Crippen LogP contribution in [-0.4, -0.2) is 38.5 Å². The number of rotatable bonds is 1. The molecule has 1 aliphatic rings. The number of fused-ring (bicyclic) bond motifs is 1. The van der Waals surface area contributed by atoms with Gasteiger partial charge in [-0.1, -0.05) is 0 Å². The van der Waals surface area contributed by atoms with Crippen LogP contribution >= 0.6 is 0 Å². The molecule has 0 radical (unpaired) electrons. The summed E-state index contributed by atoms with van der Waals surface area (Å²) >= 11 is 0. The third-order valence-corrected chi connectivity index (χ3v) is 3.67. The smallest absolute Gasteiger partial charge is 0.397 e. The van der Waals surface area contributed by atoms with E-state index < -0.39 is 7.12 Å². The van der Waals surface area contributed by atoms with Crippen LogP contribution in [0.4, 0.5) is 0 Å². The summed E-state index contributed by atoms with van der Waals surface area (Å²) in [5, 5.41) is 6.73. The Kier molecular flexibility index (Phi) is 2.27. The van der Waals surface area contributed by atoms with E-state index >= 15 is 0 Å². The molecule has 0 aliphatic carbocycles. The van der Waals surface area contributed by atoms with E-state index in [0.717, 1.165) is 11.0 Å². The second kappa shape index (κ2) is 3.52. The summed E-state index contributed by atoms with van der Waals surface area (Å²) in [5.41, 5.74) is 1.33. The fraction of sp³-hybridized carbons (Fsp3) is 0.545. The topological polar surface area (TPSA) is 72.9 Å². The van der Waals surface area contributed by atoms with Crippen molar-refractivity contribution in [3.8, 4) is 0 Å². The summed E-state index contributed by atoms with van der Waals surface area (Å²) in [6, 6.07) is 0. The van der Waals surface area contributed by atoms with Gasteiger partial charge in [0.15, 0.2) is 5.72 Å². The second-order valence-corrected chi connectivity index (χ2v) is 5.49. The highest BCUT2D eigenvalue weighted by Crippen LogP contribution is 2.36. The minimum absolute atomic E-state index is 0.383. The van der Waals surface area contributed by atoms with Crippen LogP contribution in [-0.2, 0) is 9.31 Å². The van der Waals surface area contributed by atoms with Crippen LogP contribution in [0.15, 0.2) is 12.4 Å². The van der Waals surface area contributed by atoms with Gasteiger partial charge in [0.1, 0.15) is 11.0 Å². The lowest BCUT2D eigenvalue weighted by molar-refractivity contribution is 0.00578. The zero-order valence-corrected chi connectivity index (χ0v) is 10.9. The van der Waals surface area contributed by atoms with Crippen molar-refractivity contribution >= 4 is 23.9 Å². The number of H-pyrrole nitrogens is 1. The summed E-state index contributed by atoms with van der Waals surface area (Å²) in [4.78, 5) is 8.65. The number of aromatic amines is 1. The van der Waals surface area contributed by atoms with Gasteiger partial charge in [0.2, 0.25) is 0 Å². The molecule has 6 nitrogen and oxygen atoms in total. The van der Waals surface area contributed by atoms with E-state index in [2.05, 4.69) is 20.2 Å². The molecule has 0 spiro atoms. The molecule has 0 saturated carbocycles. The van der Waals surface area contributed by atoms with Crippen molar-refractivity contribution in [3.63, 3.8) is 0 Å². The van der Waals surface area contributed by atoms with Crippen LogP contribution in [0.1, 0.15) is 27.7 Å². The van der Waals surface area contributed by atoms with E-state index in [0.29, 0.717) is 5.72 Å². The number of nitrogens with zero attached hydrogens (tertiary/aromatic N) is 3. The van der Waals surface area contributed by atoms with Crippen LogP contribution in [0.3, 0.4) is 0 Å².